The van der Waals surface area contributed by atoms with Gasteiger partial charge >= 0.3 is 0 Å². The van der Waals surface area contributed by atoms with E-state index in [1.165, 1.54) is 6.07 Å². The predicted octanol–water partition coefficient (Wildman–Crippen LogP) is 0.917. The molecule has 0 aliphatic rings. The minimum absolute atomic E-state index is 0.253. The number of nitrogens with one attached hydrogen (secondary N) is 1. The Morgan fingerprint density at radius 2 is 2.06 bits per heavy atom. The quantitative estimate of drug-likeness (QED) is 0.539. The Balaban J connectivity index is 2.47. The average Bonchev–Trinajstić information content (AvgIpc) is 2.27. The van der Waals surface area contributed by atoms with Gasteiger partial charge in [0.2, 0.25) is 5.91 Å². The number of anilines is 1. The second-order valence-electron chi connectivity index (χ2n) is 3.56. The maximum Gasteiger partial charge on any atom is 0.251 e. The van der Waals surface area contributed by atoms with Gasteiger partial charge in [-0.3, -0.25) is 9.59 Å². The van der Waals surface area contributed by atoms with E-state index in [0.29, 0.717) is 29.2 Å². The molecule has 0 bridgehead atoms. The third-order valence-corrected chi connectivity index (χ3v) is 2.48. The van der Waals surface area contributed by atoms with Crippen LogP contribution >= 0.6 is 11.6 Å². The largest absolute Gasteiger partial charge is 0.398 e. The Kier molecular flexibility index (Phi) is 4.78. The number of primary amides is 1. The molecule has 0 fully saturated rings. The predicted molar refractivity (Wildman–Crippen MR) is 66.6 cm³/mol. The molecule has 0 aromatic heterocycles. The van der Waals surface area contributed by atoms with E-state index in [1.807, 2.05) is 0 Å². The first-order valence-electron chi connectivity index (χ1n) is 5.12. The van der Waals surface area contributed by atoms with Gasteiger partial charge in [-0.2, -0.15) is 0 Å². The highest BCUT2D eigenvalue weighted by atomic mass is 35.5. The molecule has 0 spiro atoms. The Bertz CT molecular complexity index is 435. The van der Waals surface area contributed by atoms with Gasteiger partial charge in [0, 0.05) is 18.5 Å². The Hall–Kier alpha value is -1.75. The lowest BCUT2D eigenvalue weighted by atomic mass is 10.2. The molecule has 5 nitrogen and oxygen atoms in total. The number of nitrogen functional groups attached to an aromatic ring is 1. The molecule has 0 aliphatic heterocycles. The highest BCUT2D eigenvalue weighted by Gasteiger charge is 2.07. The SMILES string of the molecule is NC(=O)CCCNC(=O)c1ccc(N)c(Cl)c1. The van der Waals surface area contributed by atoms with Crippen LogP contribution in [0.1, 0.15) is 23.2 Å². The van der Waals surface area contributed by atoms with E-state index in [1.54, 1.807) is 12.1 Å². The van der Waals surface area contributed by atoms with Crippen LogP contribution in [-0.2, 0) is 4.79 Å². The summed E-state index contributed by atoms with van der Waals surface area (Å²) in [6, 6.07) is 4.66. The van der Waals surface area contributed by atoms with Gasteiger partial charge in [-0.1, -0.05) is 11.6 Å². The maximum absolute atomic E-state index is 11.6. The van der Waals surface area contributed by atoms with Crippen LogP contribution in [-0.4, -0.2) is 18.4 Å². The zero-order chi connectivity index (χ0) is 12.8. The van der Waals surface area contributed by atoms with Gasteiger partial charge in [0.1, 0.15) is 0 Å². The summed E-state index contributed by atoms with van der Waals surface area (Å²) in [6.07, 6.45) is 0.770. The van der Waals surface area contributed by atoms with Crippen LogP contribution in [0.4, 0.5) is 5.69 Å². The van der Waals surface area contributed by atoms with Crippen molar-refractivity contribution in [1.82, 2.24) is 5.32 Å². The van der Waals surface area contributed by atoms with E-state index in [9.17, 15) is 9.59 Å². The molecule has 17 heavy (non-hydrogen) atoms. The van der Waals surface area contributed by atoms with Gasteiger partial charge in [-0.25, -0.2) is 0 Å². The van der Waals surface area contributed by atoms with Gasteiger partial charge in [-0.05, 0) is 24.6 Å². The molecule has 0 radical (unpaired) electrons. The van der Waals surface area contributed by atoms with Gasteiger partial charge in [0.05, 0.1) is 10.7 Å². The van der Waals surface area contributed by atoms with Crippen molar-refractivity contribution in [2.75, 3.05) is 12.3 Å². The number of carbonyl (C=O) groups is 2. The monoisotopic (exact) mass is 255 g/mol. The fourth-order valence-electron chi connectivity index (χ4n) is 1.23. The minimum atomic E-state index is -0.380. The third-order valence-electron chi connectivity index (χ3n) is 2.15. The average molecular weight is 256 g/mol. The van der Waals surface area contributed by atoms with E-state index < -0.39 is 0 Å². The van der Waals surface area contributed by atoms with E-state index >= 15 is 0 Å². The fourth-order valence-corrected chi connectivity index (χ4v) is 1.42. The Labute approximate surface area is 104 Å². The number of nitrogens with two attached hydrogens (primary N) is 2. The zero-order valence-electron chi connectivity index (χ0n) is 9.20. The van der Waals surface area contributed by atoms with Crippen LogP contribution in [0.3, 0.4) is 0 Å². The molecule has 0 heterocycles. The molecule has 1 rings (SSSR count). The molecule has 92 valence electrons. The first-order valence-corrected chi connectivity index (χ1v) is 5.50. The minimum Gasteiger partial charge on any atom is -0.398 e. The van der Waals surface area contributed by atoms with Crippen LogP contribution in [0.25, 0.3) is 0 Å². The van der Waals surface area contributed by atoms with Crippen molar-refractivity contribution >= 4 is 29.1 Å². The summed E-state index contributed by atoms with van der Waals surface area (Å²) in [4.78, 5) is 22.1. The lowest BCUT2D eigenvalue weighted by Gasteiger charge is -2.05. The number of halogens is 1. The number of hydrogen-bond donors (Lipinski definition) is 3. The fraction of sp³-hybridized carbons (Fsp3) is 0.273. The van der Waals surface area contributed by atoms with Gasteiger partial charge in [0.25, 0.3) is 5.91 Å². The molecular formula is C11H14ClN3O2. The van der Waals surface area contributed by atoms with Crippen LogP contribution in [0.5, 0.6) is 0 Å². The summed E-state index contributed by atoms with van der Waals surface area (Å²) < 4.78 is 0. The molecule has 0 atom stereocenters. The number of hydrogen-bond acceptors (Lipinski definition) is 3. The molecule has 0 aliphatic carbocycles. The standard InChI is InChI=1S/C11H14ClN3O2/c12-8-6-7(3-4-9(8)13)11(17)15-5-1-2-10(14)16/h3-4,6H,1-2,5,13H2,(H2,14,16)(H,15,17). The Morgan fingerprint density at radius 3 is 2.65 bits per heavy atom. The molecule has 2 amide bonds. The van der Waals surface area contributed by atoms with Crippen molar-refractivity contribution in [3.8, 4) is 0 Å². The van der Waals surface area contributed by atoms with Crippen molar-refractivity contribution in [3.63, 3.8) is 0 Å². The van der Waals surface area contributed by atoms with Gasteiger partial charge < -0.3 is 16.8 Å². The molecule has 0 saturated heterocycles. The second kappa shape index (κ2) is 6.10. The van der Waals surface area contributed by atoms with E-state index in [0.717, 1.165) is 0 Å². The normalized spacial score (nSPS) is 9.94. The van der Waals surface area contributed by atoms with Crippen molar-refractivity contribution in [3.05, 3.63) is 28.8 Å². The first-order chi connectivity index (χ1) is 8.00. The van der Waals surface area contributed by atoms with Crippen LogP contribution in [0.2, 0.25) is 5.02 Å². The van der Waals surface area contributed by atoms with Gasteiger partial charge in [-0.15, -0.1) is 0 Å². The topological polar surface area (TPSA) is 98.2 Å². The van der Waals surface area contributed by atoms with Crippen molar-refractivity contribution < 1.29 is 9.59 Å². The summed E-state index contributed by atoms with van der Waals surface area (Å²) in [5, 5.41) is 3.00. The van der Waals surface area contributed by atoms with Crippen molar-refractivity contribution in [1.29, 1.82) is 0 Å². The van der Waals surface area contributed by atoms with Crippen LogP contribution in [0, 0.1) is 0 Å². The number of amides is 2. The molecule has 5 N–H and O–H groups in total. The highest BCUT2D eigenvalue weighted by molar-refractivity contribution is 6.33. The molecular weight excluding hydrogens is 242 g/mol. The van der Waals surface area contributed by atoms with Crippen molar-refractivity contribution in [2.24, 2.45) is 5.73 Å². The number of carbonyl (C=O) groups excluding carboxylic acids is 2. The molecule has 6 heteroatoms. The number of rotatable bonds is 5. The molecule has 0 unspecified atom stereocenters. The number of benzene rings is 1. The summed E-state index contributed by atoms with van der Waals surface area (Å²) in [6.45, 7) is 0.393. The Morgan fingerprint density at radius 1 is 1.35 bits per heavy atom. The maximum atomic E-state index is 11.6. The lowest BCUT2D eigenvalue weighted by Crippen LogP contribution is -2.25. The smallest absolute Gasteiger partial charge is 0.251 e. The summed E-state index contributed by atoms with van der Waals surface area (Å²) in [7, 11) is 0. The second-order valence-corrected chi connectivity index (χ2v) is 3.97. The lowest BCUT2D eigenvalue weighted by molar-refractivity contribution is -0.118. The van der Waals surface area contributed by atoms with Crippen LogP contribution in [0.15, 0.2) is 18.2 Å². The summed E-state index contributed by atoms with van der Waals surface area (Å²) in [5.41, 5.74) is 11.4. The molecule has 0 saturated carbocycles. The molecule has 1 aromatic rings. The van der Waals surface area contributed by atoms with E-state index in [-0.39, 0.29) is 18.2 Å². The first kappa shape index (κ1) is 13.3. The zero-order valence-corrected chi connectivity index (χ0v) is 9.96. The third kappa shape index (κ3) is 4.32. The summed E-state index contributed by atoms with van der Waals surface area (Å²) in [5.74, 6) is -0.633. The summed E-state index contributed by atoms with van der Waals surface area (Å²) >= 11 is 5.79. The van der Waals surface area contributed by atoms with Gasteiger partial charge in [0.15, 0.2) is 0 Å². The highest BCUT2D eigenvalue weighted by Crippen LogP contribution is 2.19. The van der Waals surface area contributed by atoms with E-state index in [4.69, 9.17) is 23.1 Å². The molecule has 1 aromatic carbocycles. The van der Waals surface area contributed by atoms with Crippen molar-refractivity contribution in [2.45, 2.75) is 12.8 Å². The van der Waals surface area contributed by atoms with E-state index in [2.05, 4.69) is 5.32 Å². The van der Waals surface area contributed by atoms with Crippen LogP contribution < -0.4 is 16.8 Å².